The minimum absolute atomic E-state index is 0.246. The van der Waals surface area contributed by atoms with Gasteiger partial charge in [-0.05, 0) is 6.42 Å². The maximum Gasteiger partial charge on any atom is 0.326 e. The Morgan fingerprint density at radius 3 is 2.67 bits per heavy atom. The van der Waals surface area contributed by atoms with Crippen LogP contribution in [0.5, 0.6) is 0 Å². The van der Waals surface area contributed by atoms with Crippen LogP contribution in [0.25, 0.3) is 0 Å². The molecule has 1 aliphatic heterocycles. The SMILES string of the molecule is NC(=O)C[C@@H](NC(=O)NCC1CCOC1)C(=O)O. The number of ether oxygens (including phenoxy) is 1. The Balaban J connectivity index is 2.31. The number of carbonyl (C=O) groups is 3. The molecular weight excluding hydrogens is 242 g/mol. The van der Waals surface area contributed by atoms with E-state index < -0.39 is 30.4 Å². The molecule has 5 N–H and O–H groups in total. The minimum Gasteiger partial charge on any atom is -0.480 e. The first-order valence-electron chi connectivity index (χ1n) is 5.62. The van der Waals surface area contributed by atoms with Crippen LogP contribution in [0, 0.1) is 5.92 Å². The van der Waals surface area contributed by atoms with Gasteiger partial charge in [0.2, 0.25) is 5.91 Å². The summed E-state index contributed by atoms with van der Waals surface area (Å²) in [6.45, 7) is 1.67. The highest BCUT2D eigenvalue weighted by atomic mass is 16.5. The van der Waals surface area contributed by atoms with Gasteiger partial charge in [0.05, 0.1) is 13.0 Å². The Morgan fingerprint density at radius 2 is 2.17 bits per heavy atom. The van der Waals surface area contributed by atoms with E-state index in [0.29, 0.717) is 19.8 Å². The Hall–Kier alpha value is -1.83. The van der Waals surface area contributed by atoms with Crippen LogP contribution in [0.4, 0.5) is 4.79 Å². The van der Waals surface area contributed by atoms with Gasteiger partial charge in [0.1, 0.15) is 6.04 Å². The third-order valence-electron chi connectivity index (χ3n) is 2.58. The van der Waals surface area contributed by atoms with Gasteiger partial charge in [-0.25, -0.2) is 9.59 Å². The number of nitrogens with one attached hydrogen (secondary N) is 2. The van der Waals surface area contributed by atoms with Crippen LogP contribution in [0.2, 0.25) is 0 Å². The number of aliphatic carboxylic acids is 1. The Kier molecular flexibility index (Phi) is 5.37. The molecule has 0 spiro atoms. The smallest absolute Gasteiger partial charge is 0.326 e. The highest BCUT2D eigenvalue weighted by Crippen LogP contribution is 2.10. The fraction of sp³-hybridized carbons (Fsp3) is 0.700. The number of nitrogens with two attached hydrogens (primary N) is 1. The molecule has 0 aromatic rings. The summed E-state index contributed by atoms with van der Waals surface area (Å²) in [6.07, 6.45) is 0.430. The average Bonchev–Trinajstić information content (AvgIpc) is 2.77. The molecule has 0 saturated carbocycles. The second kappa shape index (κ2) is 6.80. The summed E-state index contributed by atoms with van der Waals surface area (Å²) in [5.41, 5.74) is 4.89. The van der Waals surface area contributed by atoms with Crippen molar-refractivity contribution >= 4 is 17.9 Å². The minimum atomic E-state index is -1.30. The summed E-state index contributed by atoms with van der Waals surface area (Å²) < 4.78 is 5.13. The third-order valence-corrected chi connectivity index (χ3v) is 2.58. The van der Waals surface area contributed by atoms with Crippen molar-refractivity contribution in [3.05, 3.63) is 0 Å². The van der Waals surface area contributed by atoms with Crippen LogP contribution in [-0.4, -0.2) is 48.8 Å². The number of carboxylic acids is 1. The Labute approximate surface area is 104 Å². The lowest BCUT2D eigenvalue weighted by Crippen LogP contribution is -2.48. The second-order valence-electron chi connectivity index (χ2n) is 4.15. The zero-order valence-corrected chi connectivity index (χ0v) is 9.85. The summed E-state index contributed by atoms with van der Waals surface area (Å²) in [5, 5.41) is 13.5. The third kappa shape index (κ3) is 5.00. The monoisotopic (exact) mass is 259 g/mol. The van der Waals surface area contributed by atoms with Crippen LogP contribution in [0.3, 0.4) is 0 Å². The standard InChI is InChI=1S/C10H17N3O5/c11-8(14)3-7(9(15)16)13-10(17)12-4-6-1-2-18-5-6/h6-7H,1-5H2,(H2,11,14)(H,15,16)(H2,12,13,17)/t6?,7-/m1/s1. The molecule has 0 aromatic carbocycles. The lowest BCUT2D eigenvalue weighted by molar-refractivity contribution is -0.140. The van der Waals surface area contributed by atoms with Crippen LogP contribution in [-0.2, 0) is 14.3 Å². The van der Waals surface area contributed by atoms with E-state index in [4.69, 9.17) is 15.6 Å². The molecule has 3 amide bonds. The van der Waals surface area contributed by atoms with Gasteiger partial charge in [-0.1, -0.05) is 0 Å². The summed E-state index contributed by atoms with van der Waals surface area (Å²) in [6, 6.07) is -1.93. The number of urea groups is 1. The van der Waals surface area contributed by atoms with Crippen LogP contribution in [0.1, 0.15) is 12.8 Å². The van der Waals surface area contributed by atoms with E-state index in [1.165, 1.54) is 0 Å². The average molecular weight is 259 g/mol. The molecule has 1 unspecified atom stereocenters. The predicted molar refractivity (Wildman–Crippen MR) is 60.7 cm³/mol. The molecule has 18 heavy (non-hydrogen) atoms. The zero-order chi connectivity index (χ0) is 13.5. The van der Waals surface area contributed by atoms with Gasteiger partial charge in [-0.2, -0.15) is 0 Å². The Bertz CT molecular complexity index is 327. The summed E-state index contributed by atoms with van der Waals surface area (Å²) in [7, 11) is 0. The molecule has 102 valence electrons. The van der Waals surface area contributed by atoms with Gasteiger partial charge in [-0.15, -0.1) is 0 Å². The number of carboxylic acid groups (broad SMARTS) is 1. The second-order valence-corrected chi connectivity index (χ2v) is 4.15. The van der Waals surface area contributed by atoms with E-state index in [0.717, 1.165) is 6.42 Å². The lowest BCUT2D eigenvalue weighted by Gasteiger charge is -2.15. The van der Waals surface area contributed by atoms with Gasteiger partial charge in [0, 0.05) is 19.1 Å². The quantitative estimate of drug-likeness (QED) is 0.468. The highest BCUT2D eigenvalue weighted by molar-refractivity contribution is 5.87. The van der Waals surface area contributed by atoms with Crippen molar-refractivity contribution in [2.75, 3.05) is 19.8 Å². The van der Waals surface area contributed by atoms with Crippen LogP contribution < -0.4 is 16.4 Å². The Morgan fingerprint density at radius 1 is 1.44 bits per heavy atom. The van der Waals surface area contributed by atoms with Crippen LogP contribution in [0.15, 0.2) is 0 Å². The van der Waals surface area contributed by atoms with E-state index in [2.05, 4.69) is 10.6 Å². The molecule has 8 nitrogen and oxygen atoms in total. The predicted octanol–water partition coefficient (Wildman–Crippen LogP) is -1.35. The molecule has 0 aromatic heterocycles. The van der Waals surface area contributed by atoms with E-state index in [1.54, 1.807) is 0 Å². The maximum atomic E-state index is 11.4. The molecule has 0 aliphatic carbocycles. The number of amides is 3. The van der Waals surface area contributed by atoms with E-state index in [-0.39, 0.29) is 5.92 Å². The molecule has 1 fully saturated rings. The van der Waals surface area contributed by atoms with Crippen molar-refractivity contribution in [2.45, 2.75) is 18.9 Å². The van der Waals surface area contributed by atoms with Crippen LogP contribution >= 0.6 is 0 Å². The fourth-order valence-corrected chi connectivity index (χ4v) is 1.59. The maximum absolute atomic E-state index is 11.4. The fourth-order valence-electron chi connectivity index (χ4n) is 1.59. The topological polar surface area (TPSA) is 131 Å². The first kappa shape index (κ1) is 14.2. The van der Waals surface area contributed by atoms with Gasteiger partial charge in [0.15, 0.2) is 0 Å². The summed E-state index contributed by atoms with van der Waals surface area (Å²) in [4.78, 5) is 32.8. The summed E-state index contributed by atoms with van der Waals surface area (Å²) >= 11 is 0. The van der Waals surface area contributed by atoms with Crippen molar-refractivity contribution in [2.24, 2.45) is 11.7 Å². The van der Waals surface area contributed by atoms with Crippen molar-refractivity contribution in [3.8, 4) is 0 Å². The normalized spacial score (nSPS) is 20.1. The van der Waals surface area contributed by atoms with E-state index in [1.807, 2.05) is 0 Å². The van der Waals surface area contributed by atoms with E-state index >= 15 is 0 Å². The summed E-state index contributed by atoms with van der Waals surface area (Å²) in [5.74, 6) is -1.84. The van der Waals surface area contributed by atoms with Gasteiger partial charge in [0.25, 0.3) is 0 Å². The van der Waals surface area contributed by atoms with Crippen molar-refractivity contribution < 1.29 is 24.2 Å². The van der Waals surface area contributed by atoms with Gasteiger partial charge in [-0.3, -0.25) is 4.79 Å². The van der Waals surface area contributed by atoms with Gasteiger partial charge >= 0.3 is 12.0 Å². The van der Waals surface area contributed by atoms with Crippen molar-refractivity contribution in [3.63, 3.8) is 0 Å². The molecule has 1 saturated heterocycles. The molecular formula is C10H17N3O5. The first-order valence-corrected chi connectivity index (χ1v) is 5.62. The molecule has 1 rings (SSSR count). The first-order chi connectivity index (χ1) is 8.49. The molecule has 0 bridgehead atoms. The largest absolute Gasteiger partial charge is 0.480 e. The molecule has 8 heteroatoms. The van der Waals surface area contributed by atoms with E-state index in [9.17, 15) is 14.4 Å². The number of rotatable bonds is 6. The lowest BCUT2D eigenvalue weighted by atomic mass is 10.1. The molecule has 1 aliphatic rings. The highest BCUT2D eigenvalue weighted by Gasteiger charge is 2.23. The zero-order valence-electron chi connectivity index (χ0n) is 9.85. The number of carbonyl (C=O) groups excluding carboxylic acids is 2. The number of hydrogen-bond donors (Lipinski definition) is 4. The van der Waals surface area contributed by atoms with Crippen molar-refractivity contribution in [1.29, 1.82) is 0 Å². The molecule has 1 heterocycles. The van der Waals surface area contributed by atoms with Crippen molar-refractivity contribution in [1.82, 2.24) is 10.6 Å². The number of primary amides is 1. The molecule has 2 atom stereocenters. The molecule has 0 radical (unpaired) electrons. The number of hydrogen-bond acceptors (Lipinski definition) is 4. The van der Waals surface area contributed by atoms with Gasteiger partial charge < -0.3 is 26.2 Å².